The molecule has 0 unspecified atom stereocenters. The van der Waals surface area contributed by atoms with Gasteiger partial charge in [-0.2, -0.15) is 0 Å². The molecule has 1 fully saturated rings. The lowest BCUT2D eigenvalue weighted by Gasteiger charge is -2.27. The summed E-state index contributed by atoms with van der Waals surface area (Å²) in [7, 11) is 0. The predicted octanol–water partition coefficient (Wildman–Crippen LogP) is 3.48. The summed E-state index contributed by atoms with van der Waals surface area (Å²) >= 11 is 0. The number of piperazine rings is 1. The van der Waals surface area contributed by atoms with Gasteiger partial charge >= 0.3 is 0 Å². The van der Waals surface area contributed by atoms with E-state index < -0.39 is 0 Å². The first-order valence-electron chi connectivity index (χ1n) is 11.2. The Hall–Kier alpha value is -3.16. The summed E-state index contributed by atoms with van der Waals surface area (Å²) in [5, 5.41) is 21.5. The van der Waals surface area contributed by atoms with Crippen molar-refractivity contribution in [1.29, 1.82) is 0 Å². The van der Waals surface area contributed by atoms with Gasteiger partial charge in [-0.1, -0.05) is 50.2 Å². The second kappa shape index (κ2) is 12.0. The molecule has 0 spiro atoms. The smallest absolute Gasteiger partial charge is 0.188 e. The van der Waals surface area contributed by atoms with Gasteiger partial charge in [-0.05, 0) is 23.3 Å². The quantitative estimate of drug-likeness (QED) is 0.523. The number of benzene rings is 2. The molecule has 4 N–H and O–H groups in total. The number of aromatic nitrogens is 2. The number of nitrogens with two attached hydrogens (primary N) is 1. The number of aromatic hydroxyl groups is 1. The largest absolute Gasteiger partial charge is 0.507 e. The topological polar surface area (TPSA) is 96.5 Å². The SMILES string of the molecule is CC.Nc1nnc(-c2ccccc2O)cc1OCCc1ccc(CN2CCNCC2)cc1. The Morgan fingerprint density at radius 2 is 1.69 bits per heavy atom. The highest BCUT2D eigenvalue weighted by Crippen LogP contribution is 2.30. The number of phenols is 1. The van der Waals surface area contributed by atoms with Crippen molar-refractivity contribution in [3.05, 3.63) is 65.7 Å². The van der Waals surface area contributed by atoms with E-state index in [-0.39, 0.29) is 11.6 Å². The average molecular weight is 436 g/mol. The molecular weight excluding hydrogens is 402 g/mol. The molecule has 0 aliphatic carbocycles. The first kappa shape index (κ1) is 23.5. The van der Waals surface area contributed by atoms with Crippen molar-refractivity contribution in [2.75, 3.05) is 38.5 Å². The molecule has 4 rings (SSSR count). The van der Waals surface area contributed by atoms with E-state index in [2.05, 4.69) is 44.7 Å². The van der Waals surface area contributed by atoms with E-state index in [1.807, 2.05) is 19.9 Å². The van der Waals surface area contributed by atoms with Crippen LogP contribution < -0.4 is 15.8 Å². The van der Waals surface area contributed by atoms with Crippen LogP contribution in [0, 0.1) is 0 Å². The molecule has 0 atom stereocenters. The van der Waals surface area contributed by atoms with Crippen LogP contribution >= 0.6 is 0 Å². The fraction of sp³-hybridized carbons (Fsp3) is 0.360. The molecule has 2 aromatic carbocycles. The molecule has 1 aliphatic heterocycles. The van der Waals surface area contributed by atoms with Gasteiger partial charge in [-0.15, -0.1) is 10.2 Å². The Bertz CT molecular complexity index is 972. The second-order valence-electron chi connectivity index (χ2n) is 7.44. The number of para-hydroxylation sites is 1. The average Bonchev–Trinajstić information content (AvgIpc) is 2.84. The zero-order valence-corrected chi connectivity index (χ0v) is 18.9. The van der Waals surface area contributed by atoms with E-state index in [4.69, 9.17) is 10.5 Å². The number of nitrogen functional groups attached to an aromatic ring is 1. The van der Waals surface area contributed by atoms with Crippen molar-refractivity contribution in [3.8, 4) is 22.8 Å². The first-order chi connectivity index (χ1) is 15.7. The van der Waals surface area contributed by atoms with E-state index in [1.54, 1.807) is 24.3 Å². The highest BCUT2D eigenvalue weighted by molar-refractivity contribution is 5.68. The van der Waals surface area contributed by atoms with Crippen molar-refractivity contribution in [1.82, 2.24) is 20.4 Å². The highest BCUT2D eigenvalue weighted by Gasteiger charge is 2.11. The summed E-state index contributed by atoms with van der Waals surface area (Å²) in [5.41, 5.74) is 9.58. The molecule has 170 valence electrons. The van der Waals surface area contributed by atoms with E-state index in [0.717, 1.165) is 39.1 Å². The van der Waals surface area contributed by atoms with Gasteiger partial charge in [0.15, 0.2) is 11.6 Å². The maximum absolute atomic E-state index is 10.0. The van der Waals surface area contributed by atoms with Gasteiger partial charge in [0.2, 0.25) is 0 Å². The van der Waals surface area contributed by atoms with Crippen molar-refractivity contribution in [3.63, 3.8) is 0 Å². The third kappa shape index (κ3) is 6.42. The Kier molecular flexibility index (Phi) is 8.83. The van der Waals surface area contributed by atoms with Crippen LogP contribution in [-0.2, 0) is 13.0 Å². The van der Waals surface area contributed by atoms with Crippen LogP contribution in [-0.4, -0.2) is 53.0 Å². The van der Waals surface area contributed by atoms with E-state index in [9.17, 15) is 5.11 Å². The van der Waals surface area contributed by atoms with Gasteiger partial charge in [0.05, 0.1) is 6.61 Å². The number of rotatable bonds is 7. The van der Waals surface area contributed by atoms with Crippen LogP contribution in [0.4, 0.5) is 5.82 Å². The maximum Gasteiger partial charge on any atom is 0.188 e. The van der Waals surface area contributed by atoms with Crippen LogP contribution in [0.1, 0.15) is 25.0 Å². The minimum atomic E-state index is 0.142. The van der Waals surface area contributed by atoms with Crippen molar-refractivity contribution in [2.45, 2.75) is 26.8 Å². The highest BCUT2D eigenvalue weighted by atomic mass is 16.5. The normalized spacial score (nSPS) is 13.8. The Labute approximate surface area is 190 Å². The monoisotopic (exact) mass is 435 g/mol. The number of nitrogens with one attached hydrogen (secondary N) is 1. The van der Waals surface area contributed by atoms with Crippen LogP contribution in [0.5, 0.6) is 11.5 Å². The molecule has 1 aliphatic rings. The maximum atomic E-state index is 10.0. The van der Waals surface area contributed by atoms with Gasteiger partial charge in [0.1, 0.15) is 11.4 Å². The number of hydrogen-bond donors (Lipinski definition) is 3. The number of phenolic OH excluding ortho intramolecular Hbond substituents is 1. The van der Waals surface area contributed by atoms with Crippen LogP contribution in [0.3, 0.4) is 0 Å². The number of ether oxygens (including phenoxy) is 1. The van der Waals surface area contributed by atoms with Crippen LogP contribution in [0.2, 0.25) is 0 Å². The Morgan fingerprint density at radius 1 is 1.00 bits per heavy atom. The third-order valence-electron chi connectivity index (χ3n) is 5.25. The molecule has 1 saturated heterocycles. The molecule has 3 aromatic rings. The van der Waals surface area contributed by atoms with Crippen molar-refractivity contribution in [2.24, 2.45) is 0 Å². The molecule has 0 saturated carbocycles. The molecule has 0 bridgehead atoms. The lowest BCUT2D eigenvalue weighted by molar-refractivity contribution is 0.233. The van der Waals surface area contributed by atoms with Crippen molar-refractivity contribution < 1.29 is 9.84 Å². The molecule has 0 amide bonds. The summed E-state index contributed by atoms with van der Waals surface area (Å²) in [5.74, 6) is 0.850. The summed E-state index contributed by atoms with van der Waals surface area (Å²) < 4.78 is 5.87. The van der Waals surface area contributed by atoms with Gasteiger partial charge in [-0.3, -0.25) is 4.90 Å². The standard InChI is InChI=1S/C23H27N5O2.C2H6/c24-23-22(15-20(26-27-23)19-3-1-2-4-21(19)29)30-14-9-17-5-7-18(8-6-17)16-28-12-10-25-11-13-28;1-2/h1-8,15,25,29H,9-14,16H2,(H2,24,27);1-2H3. The van der Waals surface area contributed by atoms with Gasteiger partial charge in [0, 0.05) is 50.8 Å². The van der Waals surface area contributed by atoms with Crippen molar-refractivity contribution >= 4 is 5.82 Å². The number of anilines is 1. The molecule has 2 heterocycles. The molecule has 7 heteroatoms. The zero-order chi connectivity index (χ0) is 22.8. The summed E-state index contributed by atoms with van der Waals surface area (Å²) in [4.78, 5) is 2.47. The number of nitrogens with zero attached hydrogens (tertiary/aromatic N) is 3. The lowest BCUT2D eigenvalue weighted by atomic mass is 10.1. The summed E-state index contributed by atoms with van der Waals surface area (Å²) in [6.07, 6.45) is 0.765. The van der Waals surface area contributed by atoms with Crippen LogP contribution in [0.15, 0.2) is 54.6 Å². The van der Waals surface area contributed by atoms with E-state index in [1.165, 1.54) is 11.1 Å². The Morgan fingerprint density at radius 3 is 2.41 bits per heavy atom. The molecule has 0 radical (unpaired) electrons. The zero-order valence-electron chi connectivity index (χ0n) is 18.9. The molecule has 7 nitrogen and oxygen atoms in total. The minimum Gasteiger partial charge on any atom is -0.507 e. The van der Waals surface area contributed by atoms with Crippen LogP contribution in [0.25, 0.3) is 11.3 Å². The summed E-state index contributed by atoms with van der Waals surface area (Å²) in [6, 6.07) is 17.4. The van der Waals surface area contributed by atoms with Gasteiger partial charge in [-0.25, -0.2) is 0 Å². The molecule has 1 aromatic heterocycles. The molecule has 32 heavy (non-hydrogen) atoms. The lowest BCUT2D eigenvalue weighted by Crippen LogP contribution is -2.42. The summed E-state index contributed by atoms with van der Waals surface area (Å²) in [6.45, 7) is 9.79. The predicted molar refractivity (Wildman–Crippen MR) is 129 cm³/mol. The van der Waals surface area contributed by atoms with E-state index in [0.29, 0.717) is 23.6 Å². The fourth-order valence-electron chi connectivity index (χ4n) is 3.54. The first-order valence-corrected chi connectivity index (χ1v) is 11.2. The fourth-order valence-corrected chi connectivity index (χ4v) is 3.54. The van der Waals surface area contributed by atoms with Gasteiger partial charge in [0.25, 0.3) is 0 Å². The number of hydrogen-bond acceptors (Lipinski definition) is 7. The van der Waals surface area contributed by atoms with E-state index >= 15 is 0 Å². The third-order valence-corrected chi connectivity index (χ3v) is 5.25. The molecular formula is C25H33N5O2. The minimum absolute atomic E-state index is 0.142. The second-order valence-corrected chi connectivity index (χ2v) is 7.44. The Balaban J connectivity index is 0.00000141. The van der Waals surface area contributed by atoms with Gasteiger partial charge < -0.3 is 20.9 Å².